The van der Waals surface area contributed by atoms with Crippen LogP contribution in [-0.2, 0) is 4.79 Å². The van der Waals surface area contributed by atoms with E-state index >= 15 is 0 Å². The number of halogens is 2. The second-order valence-electron chi connectivity index (χ2n) is 4.91. The molecule has 122 valence electrons. The SMILES string of the molecule is C=CCN1C(=O)/C(=C/c2ccc(-c3ccc(F)cc3F)o2)SC1=S. The Morgan fingerprint density at radius 3 is 2.79 bits per heavy atom. The Kier molecular flexibility index (Phi) is 4.64. The molecular formula is C17H11F2NO2S2. The molecule has 1 aromatic carbocycles. The zero-order chi connectivity index (χ0) is 17.3. The lowest BCUT2D eigenvalue weighted by atomic mass is 10.1. The van der Waals surface area contributed by atoms with E-state index in [2.05, 4.69) is 6.58 Å². The molecule has 2 aromatic rings. The molecule has 0 spiro atoms. The van der Waals surface area contributed by atoms with Crippen LogP contribution in [0.3, 0.4) is 0 Å². The summed E-state index contributed by atoms with van der Waals surface area (Å²) in [6.45, 7) is 3.93. The minimum atomic E-state index is -0.715. The van der Waals surface area contributed by atoms with Crippen LogP contribution in [0.4, 0.5) is 8.78 Å². The number of thiocarbonyl (C=S) groups is 1. The van der Waals surface area contributed by atoms with Crippen LogP contribution in [-0.4, -0.2) is 21.7 Å². The van der Waals surface area contributed by atoms with E-state index in [0.717, 1.165) is 23.9 Å². The number of thioether (sulfide) groups is 1. The first-order valence-electron chi connectivity index (χ1n) is 6.91. The molecule has 7 heteroatoms. The molecule has 1 aliphatic heterocycles. The molecule has 0 bridgehead atoms. The van der Waals surface area contributed by atoms with Gasteiger partial charge in [0.05, 0.1) is 10.5 Å². The molecule has 1 amide bonds. The lowest BCUT2D eigenvalue weighted by Crippen LogP contribution is -2.27. The maximum Gasteiger partial charge on any atom is 0.266 e. The van der Waals surface area contributed by atoms with Gasteiger partial charge in [0.1, 0.15) is 27.5 Å². The van der Waals surface area contributed by atoms with Crippen molar-refractivity contribution >= 4 is 40.3 Å². The van der Waals surface area contributed by atoms with Gasteiger partial charge < -0.3 is 4.42 Å². The van der Waals surface area contributed by atoms with Gasteiger partial charge in [-0.1, -0.05) is 30.1 Å². The predicted molar refractivity (Wildman–Crippen MR) is 94.1 cm³/mol. The first kappa shape index (κ1) is 16.6. The van der Waals surface area contributed by atoms with E-state index in [9.17, 15) is 13.6 Å². The van der Waals surface area contributed by atoms with E-state index in [1.54, 1.807) is 24.3 Å². The normalized spacial score (nSPS) is 16.2. The number of hydrogen-bond donors (Lipinski definition) is 0. The van der Waals surface area contributed by atoms with Gasteiger partial charge >= 0.3 is 0 Å². The smallest absolute Gasteiger partial charge is 0.266 e. The highest BCUT2D eigenvalue weighted by atomic mass is 32.2. The molecule has 1 saturated heterocycles. The van der Waals surface area contributed by atoms with E-state index in [-0.39, 0.29) is 17.2 Å². The molecule has 0 radical (unpaired) electrons. The third-order valence-electron chi connectivity index (χ3n) is 3.28. The molecule has 1 fully saturated rings. The van der Waals surface area contributed by atoms with Gasteiger partial charge in [0.25, 0.3) is 5.91 Å². The number of rotatable bonds is 4. The highest BCUT2D eigenvalue weighted by molar-refractivity contribution is 8.26. The van der Waals surface area contributed by atoms with E-state index in [4.69, 9.17) is 16.6 Å². The van der Waals surface area contributed by atoms with Crippen LogP contribution in [0.2, 0.25) is 0 Å². The Morgan fingerprint density at radius 2 is 2.08 bits per heavy atom. The Labute approximate surface area is 146 Å². The average molecular weight is 363 g/mol. The Hall–Kier alpha value is -2.25. The van der Waals surface area contributed by atoms with Crippen molar-refractivity contribution in [2.45, 2.75) is 0 Å². The van der Waals surface area contributed by atoms with Crippen molar-refractivity contribution in [2.75, 3.05) is 6.54 Å². The lowest BCUT2D eigenvalue weighted by molar-refractivity contribution is -0.121. The number of furan rings is 1. The van der Waals surface area contributed by atoms with Gasteiger partial charge in [0.15, 0.2) is 0 Å². The van der Waals surface area contributed by atoms with Gasteiger partial charge in [-0.3, -0.25) is 9.69 Å². The maximum absolute atomic E-state index is 13.8. The van der Waals surface area contributed by atoms with Gasteiger partial charge in [-0.05, 0) is 24.3 Å². The van der Waals surface area contributed by atoms with Gasteiger partial charge in [-0.2, -0.15) is 0 Å². The van der Waals surface area contributed by atoms with Gasteiger partial charge in [0.2, 0.25) is 0 Å². The monoisotopic (exact) mass is 363 g/mol. The number of carbonyl (C=O) groups is 1. The molecule has 3 rings (SSSR count). The molecule has 0 unspecified atom stereocenters. The summed E-state index contributed by atoms with van der Waals surface area (Å²) in [5.74, 6) is -0.967. The number of carbonyl (C=O) groups excluding carboxylic acids is 1. The number of hydrogen-bond acceptors (Lipinski definition) is 4. The van der Waals surface area contributed by atoms with Crippen molar-refractivity contribution in [1.82, 2.24) is 4.90 Å². The van der Waals surface area contributed by atoms with Gasteiger partial charge in [0, 0.05) is 18.7 Å². The van der Waals surface area contributed by atoms with Crippen molar-refractivity contribution in [3.8, 4) is 11.3 Å². The summed E-state index contributed by atoms with van der Waals surface area (Å²) < 4.78 is 32.8. The Morgan fingerprint density at radius 1 is 1.29 bits per heavy atom. The quantitative estimate of drug-likeness (QED) is 0.451. The predicted octanol–water partition coefficient (Wildman–Crippen LogP) is 4.61. The zero-order valence-electron chi connectivity index (χ0n) is 12.3. The molecule has 3 nitrogen and oxygen atoms in total. The standard InChI is InChI=1S/C17H11F2NO2S2/c1-2-7-20-16(21)15(24-17(20)23)9-11-4-6-14(22-11)12-5-3-10(18)8-13(12)19/h2-6,8-9H,1,7H2/b15-9-. The van der Waals surface area contributed by atoms with Crippen molar-refractivity contribution < 1.29 is 18.0 Å². The summed E-state index contributed by atoms with van der Waals surface area (Å²) in [4.78, 5) is 14.1. The van der Waals surface area contributed by atoms with E-state index in [1.807, 2.05) is 0 Å². The minimum absolute atomic E-state index is 0.148. The number of amides is 1. The second kappa shape index (κ2) is 6.70. The topological polar surface area (TPSA) is 33.5 Å². The summed E-state index contributed by atoms with van der Waals surface area (Å²) in [5.41, 5.74) is 0.148. The molecule has 1 aliphatic rings. The van der Waals surface area contributed by atoms with Crippen molar-refractivity contribution in [1.29, 1.82) is 0 Å². The van der Waals surface area contributed by atoms with Crippen LogP contribution in [0.15, 0.2) is 52.3 Å². The summed E-state index contributed by atoms with van der Waals surface area (Å²) in [5, 5.41) is 0. The largest absolute Gasteiger partial charge is 0.457 e. The average Bonchev–Trinajstić information content (AvgIpc) is 3.08. The first-order valence-corrected chi connectivity index (χ1v) is 8.13. The molecule has 0 aliphatic carbocycles. The summed E-state index contributed by atoms with van der Waals surface area (Å²) >= 11 is 6.32. The van der Waals surface area contributed by atoms with E-state index in [0.29, 0.717) is 21.5 Å². The van der Waals surface area contributed by atoms with Crippen LogP contribution in [0.1, 0.15) is 5.76 Å². The molecule has 24 heavy (non-hydrogen) atoms. The highest BCUT2D eigenvalue weighted by Gasteiger charge is 2.31. The lowest BCUT2D eigenvalue weighted by Gasteiger charge is -2.10. The fraction of sp³-hybridized carbons (Fsp3) is 0.0588. The molecule has 0 saturated carbocycles. The van der Waals surface area contributed by atoms with Crippen molar-refractivity contribution in [2.24, 2.45) is 0 Å². The highest BCUT2D eigenvalue weighted by Crippen LogP contribution is 2.33. The van der Waals surface area contributed by atoms with Crippen LogP contribution in [0.25, 0.3) is 17.4 Å². The summed E-state index contributed by atoms with van der Waals surface area (Å²) in [7, 11) is 0. The Balaban J connectivity index is 1.88. The maximum atomic E-state index is 13.8. The molecule has 1 aromatic heterocycles. The van der Waals surface area contributed by atoms with Crippen LogP contribution < -0.4 is 0 Å². The van der Waals surface area contributed by atoms with Crippen molar-refractivity contribution in [3.05, 3.63) is 65.3 Å². The second-order valence-corrected chi connectivity index (χ2v) is 6.58. The van der Waals surface area contributed by atoms with Crippen LogP contribution in [0, 0.1) is 11.6 Å². The van der Waals surface area contributed by atoms with Gasteiger partial charge in [-0.25, -0.2) is 8.78 Å². The van der Waals surface area contributed by atoms with Crippen LogP contribution in [0.5, 0.6) is 0 Å². The van der Waals surface area contributed by atoms with Crippen LogP contribution >= 0.6 is 24.0 Å². The third-order valence-corrected chi connectivity index (χ3v) is 4.66. The van der Waals surface area contributed by atoms with E-state index in [1.165, 1.54) is 11.0 Å². The van der Waals surface area contributed by atoms with E-state index < -0.39 is 11.6 Å². The first-order chi connectivity index (χ1) is 11.5. The number of benzene rings is 1. The molecule has 0 atom stereocenters. The fourth-order valence-electron chi connectivity index (χ4n) is 2.18. The zero-order valence-corrected chi connectivity index (χ0v) is 13.9. The minimum Gasteiger partial charge on any atom is -0.457 e. The molecule has 2 heterocycles. The molecule has 0 N–H and O–H groups in total. The van der Waals surface area contributed by atoms with Crippen molar-refractivity contribution in [3.63, 3.8) is 0 Å². The molecular weight excluding hydrogens is 352 g/mol. The number of nitrogens with zero attached hydrogens (tertiary/aromatic N) is 1. The Bertz CT molecular complexity index is 873. The fourth-order valence-corrected chi connectivity index (χ4v) is 3.44. The van der Waals surface area contributed by atoms with Gasteiger partial charge in [-0.15, -0.1) is 6.58 Å². The third kappa shape index (κ3) is 3.18. The summed E-state index contributed by atoms with van der Waals surface area (Å²) in [6.07, 6.45) is 3.14. The summed E-state index contributed by atoms with van der Waals surface area (Å²) in [6, 6.07) is 6.42.